The van der Waals surface area contributed by atoms with E-state index in [-0.39, 0.29) is 5.88 Å². The van der Waals surface area contributed by atoms with Crippen molar-refractivity contribution in [2.75, 3.05) is 7.11 Å². The Morgan fingerprint density at radius 1 is 0.969 bits per heavy atom. The maximum Gasteiger partial charge on any atom is 0.515 e. The third-order valence-corrected chi connectivity index (χ3v) is 4.76. The Hall–Kier alpha value is -3.87. The van der Waals surface area contributed by atoms with Crippen molar-refractivity contribution in [3.05, 3.63) is 66.4 Å². The van der Waals surface area contributed by atoms with E-state index < -0.39 is 11.8 Å². The SMILES string of the molecule is COc1ccc(-n2nc(C)c(-c3ccc4ccccc4n3)c2OC(=O)OC(C)(C)C)cc1. The molecule has 7 nitrogen and oxygen atoms in total. The van der Waals surface area contributed by atoms with Crippen LogP contribution < -0.4 is 9.47 Å². The maximum atomic E-state index is 12.6. The molecule has 0 fully saturated rings. The van der Waals surface area contributed by atoms with Crippen molar-refractivity contribution in [3.8, 4) is 28.6 Å². The van der Waals surface area contributed by atoms with Crippen LogP contribution in [0.15, 0.2) is 60.7 Å². The van der Waals surface area contributed by atoms with E-state index in [4.69, 9.17) is 19.2 Å². The lowest BCUT2D eigenvalue weighted by atomic mass is 10.1. The summed E-state index contributed by atoms with van der Waals surface area (Å²) < 4.78 is 17.9. The number of aryl methyl sites for hydroxylation is 1. The molecule has 0 radical (unpaired) electrons. The van der Waals surface area contributed by atoms with Gasteiger partial charge in [-0.05, 0) is 64.1 Å². The van der Waals surface area contributed by atoms with Crippen molar-refractivity contribution in [1.29, 1.82) is 0 Å². The van der Waals surface area contributed by atoms with Gasteiger partial charge in [-0.2, -0.15) is 9.78 Å². The third-order valence-electron chi connectivity index (χ3n) is 4.76. The maximum absolute atomic E-state index is 12.6. The Kier molecular flexibility index (Phi) is 5.57. The van der Waals surface area contributed by atoms with Crippen LogP contribution in [-0.2, 0) is 4.74 Å². The molecule has 0 aliphatic carbocycles. The Balaban J connectivity index is 1.85. The van der Waals surface area contributed by atoms with Gasteiger partial charge in [0.05, 0.1) is 35.3 Å². The molecule has 0 saturated heterocycles. The monoisotopic (exact) mass is 431 g/mol. The molecule has 2 aromatic carbocycles. The van der Waals surface area contributed by atoms with Gasteiger partial charge in [0.25, 0.3) is 0 Å². The van der Waals surface area contributed by atoms with Crippen LogP contribution in [0.4, 0.5) is 4.79 Å². The molecule has 4 aromatic rings. The molecule has 0 N–H and O–H groups in total. The lowest BCUT2D eigenvalue weighted by Gasteiger charge is -2.19. The summed E-state index contributed by atoms with van der Waals surface area (Å²) >= 11 is 0. The first kappa shape index (κ1) is 21.4. The second-order valence-electron chi connectivity index (χ2n) is 8.33. The summed E-state index contributed by atoms with van der Waals surface area (Å²) in [5, 5.41) is 5.66. The number of hydrogen-bond acceptors (Lipinski definition) is 6. The van der Waals surface area contributed by atoms with Gasteiger partial charge < -0.3 is 14.2 Å². The smallest absolute Gasteiger partial charge is 0.497 e. The number of aromatic nitrogens is 3. The van der Waals surface area contributed by atoms with E-state index in [1.165, 1.54) is 0 Å². The number of nitrogens with zero attached hydrogens (tertiary/aromatic N) is 3. The summed E-state index contributed by atoms with van der Waals surface area (Å²) in [5.74, 6) is 0.952. The standard InChI is InChI=1S/C25H25N3O4/c1-16-22(21-15-10-17-8-6-7-9-20(17)26-21)23(31-24(29)32-25(2,3)4)28(27-16)18-11-13-19(30-5)14-12-18/h6-15H,1-5H3. The molecule has 7 heteroatoms. The number of benzene rings is 2. The first-order valence-electron chi connectivity index (χ1n) is 10.3. The summed E-state index contributed by atoms with van der Waals surface area (Å²) in [6.07, 6.45) is -0.811. The number of carbonyl (C=O) groups excluding carboxylic acids is 1. The number of hydrogen-bond donors (Lipinski definition) is 0. The predicted octanol–water partition coefficient (Wildman–Crippen LogP) is 5.72. The van der Waals surface area contributed by atoms with Crippen molar-refractivity contribution in [3.63, 3.8) is 0 Å². The molecule has 0 saturated carbocycles. The molecule has 32 heavy (non-hydrogen) atoms. The van der Waals surface area contributed by atoms with E-state index in [1.807, 2.05) is 67.6 Å². The van der Waals surface area contributed by atoms with Crippen LogP contribution in [0.2, 0.25) is 0 Å². The Bertz CT molecular complexity index is 1270. The van der Waals surface area contributed by atoms with E-state index in [0.717, 1.165) is 10.9 Å². The van der Waals surface area contributed by atoms with Crippen molar-refractivity contribution in [1.82, 2.24) is 14.8 Å². The molecule has 2 aromatic heterocycles. The first-order valence-corrected chi connectivity index (χ1v) is 10.3. The van der Waals surface area contributed by atoms with Crippen LogP contribution in [-0.4, -0.2) is 33.6 Å². The number of rotatable bonds is 4. The molecule has 0 aliphatic rings. The van der Waals surface area contributed by atoms with Gasteiger partial charge in [0.15, 0.2) is 0 Å². The van der Waals surface area contributed by atoms with Crippen LogP contribution in [0, 0.1) is 6.92 Å². The van der Waals surface area contributed by atoms with Crippen molar-refractivity contribution in [2.24, 2.45) is 0 Å². The van der Waals surface area contributed by atoms with Gasteiger partial charge in [-0.25, -0.2) is 9.78 Å². The van der Waals surface area contributed by atoms with Gasteiger partial charge >= 0.3 is 6.16 Å². The topological polar surface area (TPSA) is 75.5 Å². The average Bonchev–Trinajstić information content (AvgIpc) is 3.07. The Morgan fingerprint density at radius 3 is 2.38 bits per heavy atom. The Labute approximate surface area is 186 Å². The zero-order chi connectivity index (χ0) is 22.9. The highest BCUT2D eigenvalue weighted by Gasteiger charge is 2.26. The van der Waals surface area contributed by atoms with Gasteiger partial charge in [-0.3, -0.25) is 0 Å². The molecule has 4 rings (SSSR count). The summed E-state index contributed by atoms with van der Waals surface area (Å²) in [6, 6.07) is 19.0. The zero-order valence-corrected chi connectivity index (χ0v) is 18.7. The fraction of sp³-hybridized carbons (Fsp3) is 0.240. The van der Waals surface area contributed by atoms with Crippen LogP contribution in [0.5, 0.6) is 11.6 Å². The molecule has 0 bridgehead atoms. The molecular formula is C25H25N3O4. The number of para-hydroxylation sites is 1. The normalized spacial score (nSPS) is 11.4. The predicted molar refractivity (Wildman–Crippen MR) is 122 cm³/mol. The van der Waals surface area contributed by atoms with Gasteiger partial charge in [0.1, 0.15) is 11.4 Å². The minimum atomic E-state index is -0.811. The van der Waals surface area contributed by atoms with E-state index in [1.54, 1.807) is 32.6 Å². The van der Waals surface area contributed by atoms with Gasteiger partial charge in [-0.15, -0.1) is 0 Å². The highest BCUT2D eigenvalue weighted by molar-refractivity contribution is 5.83. The highest BCUT2D eigenvalue weighted by atomic mass is 16.7. The highest BCUT2D eigenvalue weighted by Crippen LogP contribution is 2.36. The fourth-order valence-electron chi connectivity index (χ4n) is 3.35. The number of methoxy groups -OCH3 is 1. The summed E-state index contributed by atoms with van der Waals surface area (Å²) in [4.78, 5) is 17.4. The van der Waals surface area contributed by atoms with Crippen molar-refractivity contribution >= 4 is 17.1 Å². The summed E-state index contributed by atoms with van der Waals surface area (Å²) in [7, 11) is 1.60. The van der Waals surface area contributed by atoms with Crippen LogP contribution in [0.3, 0.4) is 0 Å². The van der Waals surface area contributed by atoms with E-state index in [9.17, 15) is 4.79 Å². The lowest BCUT2D eigenvalue weighted by Crippen LogP contribution is -2.26. The lowest BCUT2D eigenvalue weighted by molar-refractivity contribution is 0.0193. The third kappa shape index (κ3) is 4.42. The summed E-state index contributed by atoms with van der Waals surface area (Å²) in [6.45, 7) is 7.21. The average molecular weight is 431 g/mol. The molecule has 0 spiro atoms. The molecular weight excluding hydrogens is 406 g/mol. The summed E-state index contributed by atoms with van der Waals surface area (Å²) in [5.41, 5.74) is 2.79. The molecule has 0 amide bonds. The molecule has 0 unspecified atom stereocenters. The second-order valence-corrected chi connectivity index (χ2v) is 8.33. The first-order chi connectivity index (χ1) is 15.2. The van der Waals surface area contributed by atoms with Gasteiger partial charge in [-0.1, -0.05) is 24.3 Å². The van der Waals surface area contributed by atoms with Gasteiger partial charge in [0, 0.05) is 5.39 Å². The molecule has 0 aliphatic heterocycles. The minimum absolute atomic E-state index is 0.240. The fourth-order valence-corrected chi connectivity index (χ4v) is 3.35. The molecule has 0 atom stereocenters. The van der Waals surface area contributed by atoms with E-state index >= 15 is 0 Å². The molecule has 2 heterocycles. The number of fused-ring (bicyclic) bond motifs is 1. The minimum Gasteiger partial charge on any atom is -0.497 e. The zero-order valence-electron chi connectivity index (χ0n) is 18.7. The quantitative estimate of drug-likeness (QED) is 0.385. The van der Waals surface area contributed by atoms with Gasteiger partial charge in [0.2, 0.25) is 5.88 Å². The Morgan fingerprint density at radius 2 is 1.69 bits per heavy atom. The van der Waals surface area contributed by atoms with Crippen LogP contribution >= 0.6 is 0 Å². The van der Waals surface area contributed by atoms with E-state index in [0.29, 0.717) is 28.4 Å². The van der Waals surface area contributed by atoms with Crippen molar-refractivity contribution in [2.45, 2.75) is 33.3 Å². The largest absolute Gasteiger partial charge is 0.515 e. The number of pyridine rings is 1. The number of carbonyl (C=O) groups is 1. The second kappa shape index (κ2) is 8.34. The molecule has 164 valence electrons. The van der Waals surface area contributed by atoms with E-state index in [2.05, 4.69) is 5.10 Å². The number of ether oxygens (including phenoxy) is 3. The van der Waals surface area contributed by atoms with Crippen LogP contribution in [0.25, 0.3) is 27.8 Å². The van der Waals surface area contributed by atoms with Crippen LogP contribution in [0.1, 0.15) is 26.5 Å². The van der Waals surface area contributed by atoms with Crippen molar-refractivity contribution < 1.29 is 19.0 Å².